The number of carboxylic acids is 1. The molecule has 2 fully saturated rings. The lowest BCUT2D eigenvalue weighted by atomic mass is 10.0. The summed E-state index contributed by atoms with van der Waals surface area (Å²) < 4.78 is 5.64. The number of carbonyl (C=O) groups excluding carboxylic acids is 2. The lowest BCUT2D eigenvalue weighted by Crippen LogP contribution is -2.28. The van der Waals surface area contributed by atoms with E-state index >= 15 is 0 Å². The summed E-state index contributed by atoms with van der Waals surface area (Å²) in [6.45, 7) is 2.74. The molecule has 5 rings (SSSR count). The van der Waals surface area contributed by atoms with Gasteiger partial charge >= 0.3 is 11.6 Å². The standard InChI is InChI=1S/C29H29N3O6/c1-17-20-11-9-19(30(2)3)15-25(20)38-29(37)21(17)10-8-18-14-24(32-13-5-7-27(32)34)22(28(35)36)16-23(18)31-12-4-6-26(31)33/h8-11,14-16H,4-7,12-13H2,1-3H3,(H,35,36)/b10-8+. The number of carbonyl (C=O) groups is 3. The summed E-state index contributed by atoms with van der Waals surface area (Å²) in [5, 5.41) is 10.8. The fourth-order valence-electron chi connectivity index (χ4n) is 5.16. The largest absolute Gasteiger partial charge is 0.478 e. The van der Waals surface area contributed by atoms with Gasteiger partial charge in [-0.15, -0.1) is 0 Å². The van der Waals surface area contributed by atoms with Gasteiger partial charge in [0.15, 0.2) is 0 Å². The summed E-state index contributed by atoms with van der Waals surface area (Å²) >= 11 is 0. The molecule has 0 spiro atoms. The van der Waals surface area contributed by atoms with Crippen LogP contribution in [0.3, 0.4) is 0 Å². The van der Waals surface area contributed by atoms with Crippen LogP contribution in [-0.4, -0.2) is 50.1 Å². The number of fused-ring (bicyclic) bond motifs is 1. The van der Waals surface area contributed by atoms with Crippen molar-refractivity contribution < 1.29 is 23.9 Å². The first-order valence-corrected chi connectivity index (χ1v) is 12.6. The fraction of sp³-hybridized carbons (Fsp3) is 0.310. The average molecular weight is 516 g/mol. The zero-order valence-electron chi connectivity index (χ0n) is 21.6. The zero-order valence-corrected chi connectivity index (χ0v) is 21.6. The first kappa shape index (κ1) is 25.3. The number of benzene rings is 2. The van der Waals surface area contributed by atoms with E-state index in [4.69, 9.17) is 4.42 Å². The first-order valence-electron chi connectivity index (χ1n) is 12.6. The summed E-state index contributed by atoms with van der Waals surface area (Å²) in [5.41, 5.74) is 3.22. The van der Waals surface area contributed by atoms with E-state index in [0.29, 0.717) is 61.2 Å². The molecule has 3 heterocycles. The highest BCUT2D eigenvalue weighted by molar-refractivity contribution is 6.07. The second-order valence-electron chi connectivity index (χ2n) is 9.87. The zero-order chi connectivity index (χ0) is 27.1. The normalized spacial score (nSPS) is 15.9. The Bertz CT molecular complexity index is 1570. The molecule has 1 N–H and O–H groups in total. The Labute approximate surface area is 219 Å². The molecule has 0 aliphatic carbocycles. The van der Waals surface area contributed by atoms with Crippen molar-refractivity contribution in [2.45, 2.75) is 32.6 Å². The van der Waals surface area contributed by atoms with E-state index in [1.54, 1.807) is 23.1 Å². The van der Waals surface area contributed by atoms with E-state index in [0.717, 1.165) is 16.6 Å². The molecule has 0 radical (unpaired) electrons. The maximum atomic E-state index is 13.0. The molecule has 0 unspecified atom stereocenters. The van der Waals surface area contributed by atoms with Crippen molar-refractivity contribution in [3.05, 3.63) is 63.0 Å². The number of hydrogen-bond donors (Lipinski definition) is 1. The number of carboxylic acid groups (broad SMARTS) is 1. The third-order valence-electron chi connectivity index (χ3n) is 7.25. The van der Waals surface area contributed by atoms with E-state index in [1.165, 1.54) is 11.0 Å². The number of aryl methyl sites for hydroxylation is 1. The van der Waals surface area contributed by atoms with Crippen molar-refractivity contribution in [3.8, 4) is 0 Å². The van der Waals surface area contributed by atoms with Gasteiger partial charge in [-0.3, -0.25) is 9.59 Å². The molecule has 38 heavy (non-hydrogen) atoms. The minimum atomic E-state index is -1.17. The van der Waals surface area contributed by atoms with Gasteiger partial charge in [0.25, 0.3) is 0 Å². The van der Waals surface area contributed by atoms with Crippen LogP contribution in [0.2, 0.25) is 0 Å². The van der Waals surface area contributed by atoms with E-state index in [-0.39, 0.29) is 23.1 Å². The van der Waals surface area contributed by atoms with Crippen LogP contribution in [0, 0.1) is 6.92 Å². The van der Waals surface area contributed by atoms with Crippen molar-refractivity contribution >= 4 is 58.0 Å². The first-order chi connectivity index (χ1) is 18.2. The van der Waals surface area contributed by atoms with Gasteiger partial charge in [0.2, 0.25) is 11.8 Å². The predicted molar refractivity (Wildman–Crippen MR) is 147 cm³/mol. The smallest absolute Gasteiger partial charge is 0.343 e. The topological polar surface area (TPSA) is 111 Å². The van der Waals surface area contributed by atoms with Crippen LogP contribution < -0.4 is 20.3 Å². The molecule has 3 aromatic rings. The van der Waals surface area contributed by atoms with Gasteiger partial charge in [0.1, 0.15) is 5.58 Å². The van der Waals surface area contributed by atoms with Crippen molar-refractivity contribution in [2.24, 2.45) is 0 Å². The highest BCUT2D eigenvalue weighted by Gasteiger charge is 2.30. The van der Waals surface area contributed by atoms with Crippen LogP contribution in [0.1, 0.15) is 52.7 Å². The van der Waals surface area contributed by atoms with Crippen LogP contribution in [0.5, 0.6) is 0 Å². The quantitative estimate of drug-likeness (QED) is 0.488. The van der Waals surface area contributed by atoms with Crippen LogP contribution >= 0.6 is 0 Å². The third kappa shape index (κ3) is 4.44. The van der Waals surface area contributed by atoms with Crippen molar-refractivity contribution in [1.29, 1.82) is 0 Å². The van der Waals surface area contributed by atoms with Crippen LogP contribution in [0.4, 0.5) is 17.1 Å². The summed E-state index contributed by atoms with van der Waals surface area (Å²) in [6, 6.07) is 8.77. The van der Waals surface area contributed by atoms with Crippen molar-refractivity contribution in [2.75, 3.05) is 41.9 Å². The molecular formula is C29H29N3O6. The predicted octanol–water partition coefficient (Wildman–Crippen LogP) is 4.29. The number of nitrogens with zero attached hydrogens (tertiary/aromatic N) is 3. The minimum Gasteiger partial charge on any atom is -0.478 e. The van der Waals surface area contributed by atoms with E-state index in [9.17, 15) is 24.3 Å². The molecule has 196 valence electrons. The molecule has 2 aliphatic rings. The summed E-state index contributed by atoms with van der Waals surface area (Å²) in [4.78, 5) is 55.3. The van der Waals surface area contributed by atoms with Crippen LogP contribution in [-0.2, 0) is 9.59 Å². The summed E-state index contributed by atoms with van der Waals surface area (Å²) in [6.07, 6.45) is 5.36. The van der Waals surface area contributed by atoms with Gasteiger partial charge < -0.3 is 24.2 Å². The minimum absolute atomic E-state index is 0.0369. The molecule has 2 saturated heterocycles. The monoisotopic (exact) mass is 515 g/mol. The Kier molecular flexibility index (Phi) is 6.52. The van der Waals surface area contributed by atoms with Gasteiger partial charge in [0, 0.05) is 62.7 Å². The van der Waals surface area contributed by atoms with Gasteiger partial charge in [0.05, 0.1) is 22.5 Å². The molecule has 2 amide bonds. The SMILES string of the molecule is Cc1c(/C=C/c2cc(N3CCCC3=O)c(C(=O)O)cc2N2CCCC2=O)c(=O)oc2cc(N(C)C)ccc12. The Morgan fingerprint density at radius 3 is 2.18 bits per heavy atom. The Morgan fingerprint density at radius 2 is 1.61 bits per heavy atom. The molecule has 9 nitrogen and oxygen atoms in total. The van der Waals surface area contributed by atoms with Gasteiger partial charge in [-0.05, 0) is 55.7 Å². The summed E-state index contributed by atoms with van der Waals surface area (Å²) in [5.74, 6) is -1.42. The lowest BCUT2D eigenvalue weighted by molar-refractivity contribution is -0.117. The number of aromatic carboxylic acids is 1. The Morgan fingerprint density at radius 1 is 0.947 bits per heavy atom. The Balaban J connectivity index is 1.66. The number of anilines is 3. The molecular weight excluding hydrogens is 486 g/mol. The third-order valence-corrected chi connectivity index (χ3v) is 7.25. The maximum Gasteiger partial charge on any atom is 0.343 e. The number of amides is 2. The number of hydrogen-bond acceptors (Lipinski definition) is 6. The van der Waals surface area contributed by atoms with E-state index < -0.39 is 11.6 Å². The van der Waals surface area contributed by atoms with Gasteiger partial charge in [-0.1, -0.05) is 6.08 Å². The van der Waals surface area contributed by atoms with Crippen molar-refractivity contribution in [3.63, 3.8) is 0 Å². The number of rotatable bonds is 6. The van der Waals surface area contributed by atoms with Crippen LogP contribution in [0.15, 0.2) is 39.5 Å². The molecule has 9 heteroatoms. The van der Waals surface area contributed by atoms with Gasteiger partial charge in [-0.25, -0.2) is 9.59 Å². The van der Waals surface area contributed by atoms with Crippen LogP contribution in [0.25, 0.3) is 23.1 Å². The highest BCUT2D eigenvalue weighted by atomic mass is 16.4. The highest BCUT2D eigenvalue weighted by Crippen LogP contribution is 2.36. The van der Waals surface area contributed by atoms with E-state index in [2.05, 4.69) is 0 Å². The second kappa shape index (κ2) is 9.81. The average Bonchev–Trinajstić information content (AvgIpc) is 3.50. The molecule has 2 aliphatic heterocycles. The maximum absolute atomic E-state index is 13.0. The van der Waals surface area contributed by atoms with E-state index in [1.807, 2.05) is 44.1 Å². The molecule has 2 aromatic carbocycles. The Hall–Kier alpha value is -4.40. The molecule has 0 saturated carbocycles. The summed E-state index contributed by atoms with van der Waals surface area (Å²) in [7, 11) is 3.82. The molecule has 1 aromatic heterocycles. The molecule has 0 atom stereocenters. The van der Waals surface area contributed by atoms with Crippen molar-refractivity contribution in [1.82, 2.24) is 0 Å². The van der Waals surface area contributed by atoms with Gasteiger partial charge in [-0.2, -0.15) is 0 Å². The molecule has 0 bridgehead atoms. The fourth-order valence-corrected chi connectivity index (χ4v) is 5.16. The second-order valence-corrected chi connectivity index (χ2v) is 9.87. The lowest BCUT2D eigenvalue weighted by Gasteiger charge is -2.24.